The standard InChI is InChI=1S/C7H11F2NO/c1-2-3-4-10-5-6(11)7(8)9/h1,6-7,10-11H,3-5H2. The molecule has 0 aliphatic heterocycles. The molecule has 0 radical (unpaired) electrons. The van der Waals surface area contributed by atoms with Crippen molar-refractivity contribution in [3.63, 3.8) is 0 Å². The lowest BCUT2D eigenvalue weighted by molar-refractivity contribution is -0.00305. The molecule has 0 spiro atoms. The van der Waals surface area contributed by atoms with Gasteiger partial charge in [-0.1, -0.05) is 0 Å². The molecule has 0 aliphatic rings. The zero-order valence-electron chi connectivity index (χ0n) is 6.06. The number of aliphatic hydroxyl groups excluding tert-OH is 1. The van der Waals surface area contributed by atoms with Crippen molar-refractivity contribution in [2.24, 2.45) is 0 Å². The maximum absolute atomic E-state index is 11.6. The molecule has 2 N–H and O–H groups in total. The van der Waals surface area contributed by atoms with Gasteiger partial charge in [0.25, 0.3) is 6.43 Å². The first-order valence-corrected chi connectivity index (χ1v) is 3.29. The molecule has 0 rings (SSSR count). The quantitative estimate of drug-likeness (QED) is 0.449. The van der Waals surface area contributed by atoms with E-state index in [1.54, 1.807) is 0 Å². The van der Waals surface area contributed by atoms with Crippen LogP contribution in [-0.2, 0) is 0 Å². The van der Waals surface area contributed by atoms with E-state index in [1.807, 2.05) is 0 Å². The molecule has 0 aromatic rings. The Bertz CT molecular complexity index is 133. The molecule has 0 saturated carbocycles. The monoisotopic (exact) mass is 163 g/mol. The SMILES string of the molecule is C#CCCNCC(O)C(F)F. The van der Waals surface area contributed by atoms with Crippen LogP contribution >= 0.6 is 0 Å². The summed E-state index contributed by atoms with van der Waals surface area (Å²) in [6.07, 6.45) is 1.11. The van der Waals surface area contributed by atoms with Crippen molar-refractivity contribution >= 4 is 0 Å². The molecular formula is C7H11F2NO. The fourth-order valence-corrected chi connectivity index (χ4v) is 0.500. The van der Waals surface area contributed by atoms with Crippen LogP contribution in [0.2, 0.25) is 0 Å². The molecule has 0 aromatic carbocycles. The molecule has 0 bridgehead atoms. The van der Waals surface area contributed by atoms with Gasteiger partial charge in [0, 0.05) is 19.5 Å². The first-order chi connectivity index (χ1) is 5.18. The number of alkyl halides is 2. The van der Waals surface area contributed by atoms with Crippen molar-refractivity contribution in [1.29, 1.82) is 0 Å². The van der Waals surface area contributed by atoms with E-state index in [0.717, 1.165) is 0 Å². The van der Waals surface area contributed by atoms with Crippen molar-refractivity contribution in [2.75, 3.05) is 13.1 Å². The predicted octanol–water partition coefficient (Wildman–Crippen LogP) is 0.225. The van der Waals surface area contributed by atoms with E-state index in [0.29, 0.717) is 13.0 Å². The summed E-state index contributed by atoms with van der Waals surface area (Å²) in [5, 5.41) is 11.2. The number of hydrogen-bond acceptors (Lipinski definition) is 2. The predicted molar refractivity (Wildman–Crippen MR) is 38.3 cm³/mol. The molecule has 2 nitrogen and oxygen atoms in total. The van der Waals surface area contributed by atoms with Crippen molar-refractivity contribution in [3.8, 4) is 12.3 Å². The van der Waals surface area contributed by atoms with Crippen LogP contribution in [0.25, 0.3) is 0 Å². The van der Waals surface area contributed by atoms with Gasteiger partial charge < -0.3 is 10.4 Å². The van der Waals surface area contributed by atoms with Gasteiger partial charge in [-0.3, -0.25) is 0 Å². The molecule has 64 valence electrons. The summed E-state index contributed by atoms with van der Waals surface area (Å²) < 4.78 is 23.2. The lowest BCUT2D eigenvalue weighted by atomic mass is 10.3. The van der Waals surface area contributed by atoms with Crippen molar-refractivity contribution < 1.29 is 13.9 Å². The Hall–Kier alpha value is -0.660. The molecule has 0 saturated heterocycles. The Morgan fingerprint density at radius 2 is 2.18 bits per heavy atom. The number of rotatable bonds is 5. The van der Waals surface area contributed by atoms with Gasteiger partial charge in [-0.15, -0.1) is 12.3 Å². The Labute approximate surface area is 64.6 Å². The maximum Gasteiger partial charge on any atom is 0.265 e. The zero-order chi connectivity index (χ0) is 8.69. The van der Waals surface area contributed by atoms with Crippen LogP contribution in [0.3, 0.4) is 0 Å². The van der Waals surface area contributed by atoms with E-state index in [-0.39, 0.29) is 6.54 Å². The van der Waals surface area contributed by atoms with Crippen LogP contribution in [-0.4, -0.2) is 30.7 Å². The smallest absolute Gasteiger partial charge is 0.265 e. The third kappa shape index (κ3) is 5.77. The van der Waals surface area contributed by atoms with Gasteiger partial charge in [0.15, 0.2) is 0 Å². The van der Waals surface area contributed by atoms with E-state index in [4.69, 9.17) is 11.5 Å². The molecule has 0 aromatic heterocycles. The maximum atomic E-state index is 11.6. The fraction of sp³-hybridized carbons (Fsp3) is 0.714. The lowest BCUT2D eigenvalue weighted by Crippen LogP contribution is -2.32. The van der Waals surface area contributed by atoms with Crippen molar-refractivity contribution in [1.82, 2.24) is 5.32 Å². The van der Waals surface area contributed by atoms with E-state index >= 15 is 0 Å². The molecule has 11 heavy (non-hydrogen) atoms. The van der Waals surface area contributed by atoms with Gasteiger partial charge in [-0.05, 0) is 0 Å². The summed E-state index contributed by atoms with van der Waals surface area (Å²) in [6.45, 7) is 0.347. The van der Waals surface area contributed by atoms with Crippen LogP contribution in [0.15, 0.2) is 0 Å². The third-order valence-corrected chi connectivity index (χ3v) is 1.09. The van der Waals surface area contributed by atoms with E-state index < -0.39 is 12.5 Å². The topological polar surface area (TPSA) is 32.3 Å². The molecule has 1 atom stereocenters. The van der Waals surface area contributed by atoms with E-state index in [9.17, 15) is 8.78 Å². The average molecular weight is 163 g/mol. The summed E-state index contributed by atoms with van der Waals surface area (Å²) in [4.78, 5) is 0. The van der Waals surface area contributed by atoms with Crippen molar-refractivity contribution in [3.05, 3.63) is 0 Å². The summed E-state index contributed by atoms with van der Waals surface area (Å²) in [7, 11) is 0. The second-order valence-electron chi connectivity index (χ2n) is 2.06. The average Bonchev–Trinajstić information content (AvgIpc) is 1.97. The minimum atomic E-state index is -2.69. The first-order valence-electron chi connectivity index (χ1n) is 3.29. The van der Waals surface area contributed by atoms with Gasteiger partial charge in [0.05, 0.1) is 0 Å². The molecular weight excluding hydrogens is 152 g/mol. The van der Waals surface area contributed by atoms with E-state index in [1.165, 1.54) is 0 Å². The number of hydrogen-bond donors (Lipinski definition) is 2. The summed E-state index contributed by atoms with van der Waals surface area (Å²) >= 11 is 0. The van der Waals surface area contributed by atoms with Gasteiger partial charge in [-0.25, -0.2) is 8.78 Å². The molecule has 0 heterocycles. The minimum Gasteiger partial charge on any atom is -0.386 e. The fourth-order valence-electron chi connectivity index (χ4n) is 0.500. The third-order valence-electron chi connectivity index (χ3n) is 1.09. The Morgan fingerprint density at radius 1 is 1.55 bits per heavy atom. The van der Waals surface area contributed by atoms with Crippen LogP contribution in [0.4, 0.5) is 8.78 Å². The molecule has 0 amide bonds. The van der Waals surface area contributed by atoms with Crippen LogP contribution in [0.5, 0.6) is 0 Å². The van der Waals surface area contributed by atoms with Crippen LogP contribution in [0.1, 0.15) is 6.42 Å². The molecule has 4 heteroatoms. The summed E-state index contributed by atoms with van der Waals surface area (Å²) in [5.74, 6) is 2.34. The van der Waals surface area contributed by atoms with E-state index in [2.05, 4.69) is 11.2 Å². The van der Waals surface area contributed by atoms with Gasteiger partial charge in [0.2, 0.25) is 0 Å². The van der Waals surface area contributed by atoms with Crippen molar-refractivity contribution in [2.45, 2.75) is 19.0 Å². The zero-order valence-corrected chi connectivity index (χ0v) is 6.06. The minimum absolute atomic E-state index is 0.112. The highest BCUT2D eigenvalue weighted by Crippen LogP contribution is 1.97. The second kappa shape index (κ2) is 6.08. The first kappa shape index (κ1) is 10.3. The number of terminal acetylenes is 1. The highest BCUT2D eigenvalue weighted by molar-refractivity contribution is 4.84. The van der Waals surface area contributed by atoms with Crippen LogP contribution < -0.4 is 5.32 Å². The molecule has 0 fully saturated rings. The Balaban J connectivity index is 3.19. The second-order valence-corrected chi connectivity index (χ2v) is 2.06. The highest BCUT2D eigenvalue weighted by Gasteiger charge is 2.14. The molecule has 1 unspecified atom stereocenters. The largest absolute Gasteiger partial charge is 0.386 e. The number of halogens is 2. The summed E-state index contributed by atoms with van der Waals surface area (Å²) in [5.41, 5.74) is 0. The number of nitrogens with one attached hydrogen (secondary N) is 1. The summed E-state index contributed by atoms with van der Waals surface area (Å²) in [6, 6.07) is 0. The lowest BCUT2D eigenvalue weighted by Gasteiger charge is -2.08. The van der Waals surface area contributed by atoms with Gasteiger partial charge in [-0.2, -0.15) is 0 Å². The van der Waals surface area contributed by atoms with Gasteiger partial charge >= 0.3 is 0 Å². The molecule has 0 aliphatic carbocycles. The highest BCUT2D eigenvalue weighted by atomic mass is 19.3. The van der Waals surface area contributed by atoms with Gasteiger partial charge in [0.1, 0.15) is 6.10 Å². The normalized spacial score (nSPS) is 13.0. The Morgan fingerprint density at radius 3 is 2.64 bits per heavy atom. The number of aliphatic hydroxyl groups is 1. The Kier molecular flexibility index (Phi) is 5.71. The van der Waals surface area contributed by atoms with Crippen LogP contribution in [0, 0.1) is 12.3 Å².